The monoisotopic (exact) mass is 232 g/mol. The largest absolute Gasteiger partial charge is 0.416 e. The van der Waals surface area contributed by atoms with Gasteiger partial charge in [0.2, 0.25) is 0 Å². The summed E-state index contributed by atoms with van der Waals surface area (Å²) in [5.41, 5.74) is 0.168. The number of benzene rings is 1. The summed E-state index contributed by atoms with van der Waals surface area (Å²) in [7, 11) is 3.68. The maximum Gasteiger partial charge on any atom is 0.416 e. The minimum absolute atomic E-state index is 0.613. The number of hydrogen-bond donors (Lipinski definition) is 1. The Morgan fingerprint density at radius 1 is 1.19 bits per heavy atom. The minimum atomic E-state index is -4.26. The molecule has 1 aromatic rings. The third-order valence-corrected chi connectivity index (χ3v) is 2.33. The molecule has 90 valence electrons. The minimum Gasteiger partial charge on any atom is -0.373 e. The van der Waals surface area contributed by atoms with Gasteiger partial charge in [0, 0.05) is 25.8 Å². The zero-order valence-corrected chi connectivity index (χ0v) is 9.30. The number of nitrogens with zero attached hydrogens (tertiary/aromatic N) is 1. The molecule has 0 aliphatic heterocycles. The van der Waals surface area contributed by atoms with E-state index in [1.165, 1.54) is 12.1 Å². The number of hydrogen-bond acceptors (Lipinski definition) is 2. The van der Waals surface area contributed by atoms with Crippen molar-refractivity contribution >= 4 is 5.69 Å². The van der Waals surface area contributed by atoms with E-state index in [0.29, 0.717) is 0 Å². The lowest BCUT2D eigenvalue weighted by Gasteiger charge is -2.19. The van der Waals surface area contributed by atoms with Crippen LogP contribution in [-0.4, -0.2) is 27.2 Å². The van der Waals surface area contributed by atoms with Crippen molar-refractivity contribution < 1.29 is 13.2 Å². The highest BCUT2D eigenvalue weighted by Gasteiger charge is 2.29. The van der Waals surface area contributed by atoms with Gasteiger partial charge in [-0.1, -0.05) is 0 Å². The fraction of sp³-hybridized carbons (Fsp3) is 0.455. The van der Waals surface area contributed by atoms with Crippen LogP contribution in [0.4, 0.5) is 18.9 Å². The second-order valence-corrected chi connectivity index (χ2v) is 3.57. The van der Waals surface area contributed by atoms with Crippen LogP contribution in [0.5, 0.6) is 0 Å². The normalized spacial score (nSPS) is 11.6. The molecule has 0 saturated heterocycles. The molecule has 0 aliphatic carbocycles. The molecule has 5 heteroatoms. The molecule has 0 bridgehead atoms. The highest BCUT2D eigenvalue weighted by molar-refractivity contribution is 5.47. The van der Waals surface area contributed by atoms with Gasteiger partial charge < -0.3 is 10.2 Å². The van der Waals surface area contributed by atoms with Gasteiger partial charge in [0.15, 0.2) is 0 Å². The zero-order valence-electron chi connectivity index (χ0n) is 9.30. The summed E-state index contributed by atoms with van der Waals surface area (Å²) in [5, 5.41) is 2.98. The van der Waals surface area contributed by atoms with Gasteiger partial charge in [-0.25, -0.2) is 0 Å². The molecule has 16 heavy (non-hydrogen) atoms. The van der Waals surface area contributed by atoms with Crippen molar-refractivity contribution in [3.05, 3.63) is 29.8 Å². The highest BCUT2D eigenvalue weighted by atomic mass is 19.4. The summed E-state index contributed by atoms with van der Waals surface area (Å²) in [6.07, 6.45) is -4.26. The van der Waals surface area contributed by atoms with Crippen LogP contribution in [0.15, 0.2) is 24.3 Å². The maximum absolute atomic E-state index is 12.3. The molecule has 0 saturated carbocycles. The van der Waals surface area contributed by atoms with Crippen molar-refractivity contribution in [2.24, 2.45) is 0 Å². The van der Waals surface area contributed by atoms with Crippen molar-refractivity contribution in [1.82, 2.24) is 5.32 Å². The number of alkyl halides is 3. The molecule has 0 unspecified atom stereocenters. The lowest BCUT2D eigenvalue weighted by Crippen LogP contribution is -2.27. The number of nitrogens with one attached hydrogen (secondary N) is 1. The van der Waals surface area contributed by atoms with Crippen molar-refractivity contribution in [2.45, 2.75) is 6.18 Å². The SMILES string of the molecule is CNCCN(C)c1ccc(C(F)(F)F)cc1. The van der Waals surface area contributed by atoms with E-state index in [4.69, 9.17) is 0 Å². The number of likely N-dealkylation sites (N-methyl/N-ethyl adjacent to an activating group) is 2. The van der Waals surface area contributed by atoms with Crippen LogP contribution in [0.25, 0.3) is 0 Å². The van der Waals surface area contributed by atoms with Crippen LogP contribution >= 0.6 is 0 Å². The van der Waals surface area contributed by atoms with E-state index in [-0.39, 0.29) is 0 Å². The molecule has 1 aromatic carbocycles. The Morgan fingerprint density at radius 3 is 2.19 bits per heavy atom. The Bertz CT molecular complexity index is 319. The van der Waals surface area contributed by atoms with Crippen LogP contribution < -0.4 is 10.2 Å². The molecular weight excluding hydrogens is 217 g/mol. The molecule has 0 aromatic heterocycles. The zero-order chi connectivity index (χ0) is 12.2. The van der Waals surface area contributed by atoms with Crippen molar-refractivity contribution in [3.8, 4) is 0 Å². The Balaban J connectivity index is 2.71. The summed E-state index contributed by atoms with van der Waals surface area (Å²) in [6, 6.07) is 5.17. The van der Waals surface area contributed by atoms with Crippen molar-refractivity contribution in [1.29, 1.82) is 0 Å². The fourth-order valence-corrected chi connectivity index (χ4v) is 1.31. The second-order valence-electron chi connectivity index (χ2n) is 3.57. The van der Waals surface area contributed by atoms with Crippen molar-refractivity contribution in [3.63, 3.8) is 0 Å². The van der Waals surface area contributed by atoms with Gasteiger partial charge in [-0.05, 0) is 31.3 Å². The molecule has 2 nitrogen and oxygen atoms in total. The van der Waals surface area contributed by atoms with Gasteiger partial charge in [-0.3, -0.25) is 0 Å². The van der Waals surface area contributed by atoms with Gasteiger partial charge in [-0.15, -0.1) is 0 Å². The fourth-order valence-electron chi connectivity index (χ4n) is 1.31. The first-order chi connectivity index (χ1) is 7.45. The molecule has 1 rings (SSSR count). The third-order valence-electron chi connectivity index (χ3n) is 2.33. The van der Waals surface area contributed by atoms with E-state index >= 15 is 0 Å². The Morgan fingerprint density at radius 2 is 1.75 bits per heavy atom. The van der Waals surface area contributed by atoms with Crippen LogP contribution in [0.2, 0.25) is 0 Å². The van der Waals surface area contributed by atoms with Crippen LogP contribution in [0.3, 0.4) is 0 Å². The number of rotatable bonds is 4. The van der Waals surface area contributed by atoms with Gasteiger partial charge in [0.25, 0.3) is 0 Å². The third kappa shape index (κ3) is 3.41. The van der Waals surface area contributed by atoms with Gasteiger partial charge in [0.05, 0.1) is 5.56 Å². The highest BCUT2D eigenvalue weighted by Crippen LogP contribution is 2.30. The first kappa shape index (κ1) is 12.8. The van der Waals surface area contributed by atoms with E-state index in [0.717, 1.165) is 30.9 Å². The molecule has 0 fully saturated rings. The van der Waals surface area contributed by atoms with E-state index in [1.807, 2.05) is 19.0 Å². The first-order valence-electron chi connectivity index (χ1n) is 4.98. The van der Waals surface area contributed by atoms with Crippen LogP contribution in [0, 0.1) is 0 Å². The van der Waals surface area contributed by atoms with Crippen LogP contribution in [0.1, 0.15) is 5.56 Å². The quantitative estimate of drug-likeness (QED) is 0.857. The Labute approximate surface area is 93.1 Å². The molecule has 0 spiro atoms. The van der Waals surface area contributed by atoms with Crippen LogP contribution in [-0.2, 0) is 6.18 Å². The molecule has 0 aliphatic rings. The predicted molar refractivity (Wildman–Crippen MR) is 58.6 cm³/mol. The lowest BCUT2D eigenvalue weighted by atomic mass is 10.2. The van der Waals surface area contributed by atoms with Gasteiger partial charge in [-0.2, -0.15) is 13.2 Å². The number of halogens is 3. The maximum atomic E-state index is 12.3. The lowest BCUT2D eigenvalue weighted by molar-refractivity contribution is -0.137. The summed E-state index contributed by atoms with van der Waals surface area (Å²) >= 11 is 0. The van der Waals surface area contributed by atoms with E-state index < -0.39 is 11.7 Å². The number of anilines is 1. The summed E-state index contributed by atoms with van der Waals surface area (Å²) in [4.78, 5) is 1.90. The van der Waals surface area contributed by atoms with E-state index in [1.54, 1.807) is 0 Å². The van der Waals surface area contributed by atoms with E-state index in [9.17, 15) is 13.2 Å². The van der Waals surface area contributed by atoms with E-state index in [2.05, 4.69) is 5.32 Å². The molecule has 0 atom stereocenters. The molecule has 0 radical (unpaired) electrons. The summed E-state index contributed by atoms with van der Waals surface area (Å²) in [6.45, 7) is 1.54. The molecular formula is C11H15F3N2. The Hall–Kier alpha value is -1.23. The van der Waals surface area contributed by atoms with Gasteiger partial charge >= 0.3 is 6.18 Å². The van der Waals surface area contributed by atoms with Crippen molar-refractivity contribution in [2.75, 3.05) is 32.1 Å². The second kappa shape index (κ2) is 5.21. The first-order valence-corrected chi connectivity index (χ1v) is 4.98. The average Bonchev–Trinajstić information content (AvgIpc) is 2.25. The summed E-state index contributed by atoms with van der Waals surface area (Å²) < 4.78 is 36.9. The smallest absolute Gasteiger partial charge is 0.373 e. The topological polar surface area (TPSA) is 15.3 Å². The molecule has 0 amide bonds. The molecule has 1 N–H and O–H groups in total. The Kier molecular flexibility index (Phi) is 4.18. The predicted octanol–water partition coefficient (Wildman–Crippen LogP) is 2.36. The summed E-state index contributed by atoms with van der Waals surface area (Å²) in [5.74, 6) is 0. The standard InChI is InChI=1S/C11H15F3N2/c1-15-7-8-16(2)10-5-3-9(4-6-10)11(12,13)14/h3-6,15H,7-8H2,1-2H3. The molecule has 0 heterocycles. The average molecular weight is 232 g/mol. The van der Waals surface area contributed by atoms with Gasteiger partial charge in [0.1, 0.15) is 0 Å².